The van der Waals surface area contributed by atoms with E-state index in [-0.39, 0.29) is 11.9 Å². The van der Waals surface area contributed by atoms with E-state index in [1.807, 2.05) is 37.3 Å². The summed E-state index contributed by atoms with van der Waals surface area (Å²) in [5.74, 6) is 0.419. The molecule has 96 valence electrons. The molecule has 1 heterocycles. The van der Waals surface area contributed by atoms with Crippen LogP contribution in [0, 0.1) is 12.7 Å². The van der Waals surface area contributed by atoms with E-state index in [0.717, 1.165) is 16.5 Å². The highest BCUT2D eigenvalue weighted by molar-refractivity contribution is 5.82. The highest BCUT2D eigenvalue weighted by Gasteiger charge is 2.18. The van der Waals surface area contributed by atoms with E-state index in [4.69, 9.17) is 10.2 Å². The van der Waals surface area contributed by atoms with Crippen LogP contribution >= 0.6 is 0 Å². The number of furan rings is 1. The molecule has 0 amide bonds. The van der Waals surface area contributed by atoms with E-state index in [1.165, 1.54) is 12.1 Å². The van der Waals surface area contributed by atoms with Gasteiger partial charge in [-0.05, 0) is 30.7 Å². The van der Waals surface area contributed by atoms with Gasteiger partial charge in [-0.3, -0.25) is 0 Å². The quantitative estimate of drug-likeness (QED) is 0.753. The first-order valence-electron chi connectivity index (χ1n) is 6.16. The predicted molar refractivity (Wildman–Crippen MR) is 73.4 cm³/mol. The Kier molecular flexibility index (Phi) is 2.84. The SMILES string of the molecule is Cc1c(C(N)c2ccccc2)oc2ccc(F)cc12. The third kappa shape index (κ3) is 2.02. The van der Waals surface area contributed by atoms with Crippen LogP contribution in [0.25, 0.3) is 11.0 Å². The Hall–Kier alpha value is -2.13. The summed E-state index contributed by atoms with van der Waals surface area (Å²) in [6.45, 7) is 1.91. The summed E-state index contributed by atoms with van der Waals surface area (Å²) < 4.78 is 19.1. The zero-order chi connectivity index (χ0) is 13.4. The number of hydrogen-bond donors (Lipinski definition) is 1. The van der Waals surface area contributed by atoms with Gasteiger partial charge in [0.25, 0.3) is 0 Å². The number of rotatable bonds is 2. The number of benzene rings is 2. The number of nitrogens with two attached hydrogens (primary N) is 1. The second-order valence-electron chi connectivity index (χ2n) is 4.62. The average Bonchev–Trinajstić information content (AvgIpc) is 2.76. The minimum absolute atomic E-state index is 0.267. The van der Waals surface area contributed by atoms with Crippen LogP contribution < -0.4 is 5.73 Å². The van der Waals surface area contributed by atoms with Crippen LogP contribution in [-0.4, -0.2) is 0 Å². The number of hydrogen-bond acceptors (Lipinski definition) is 2. The molecule has 0 fully saturated rings. The van der Waals surface area contributed by atoms with Crippen LogP contribution in [0.2, 0.25) is 0 Å². The molecular formula is C16H14FNO. The average molecular weight is 255 g/mol. The van der Waals surface area contributed by atoms with Crippen molar-refractivity contribution in [2.45, 2.75) is 13.0 Å². The van der Waals surface area contributed by atoms with Gasteiger partial charge in [0.15, 0.2) is 0 Å². The molecule has 1 unspecified atom stereocenters. The molecule has 3 heteroatoms. The van der Waals surface area contributed by atoms with Crippen molar-refractivity contribution in [2.75, 3.05) is 0 Å². The fourth-order valence-electron chi connectivity index (χ4n) is 2.32. The van der Waals surface area contributed by atoms with E-state index >= 15 is 0 Å². The molecule has 1 aromatic heterocycles. The Bertz CT molecular complexity index is 718. The lowest BCUT2D eigenvalue weighted by Crippen LogP contribution is -2.11. The zero-order valence-electron chi connectivity index (χ0n) is 10.6. The van der Waals surface area contributed by atoms with Crippen molar-refractivity contribution in [1.82, 2.24) is 0 Å². The number of fused-ring (bicyclic) bond motifs is 1. The molecule has 0 saturated carbocycles. The Morgan fingerprint density at radius 2 is 1.84 bits per heavy atom. The molecule has 3 aromatic rings. The largest absolute Gasteiger partial charge is 0.459 e. The topological polar surface area (TPSA) is 39.2 Å². The molecule has 2 nitrogen and oxygen atoms in total. The fraction of sp³-hybridized carbons (Fsp3) is 0.125. The third-order valence-electron chi connectivity index (χ3n) is 3.38. The van der Waals surface area contributed by atoms with Gasteiger partial charge < -0.3 is 10.2 Å². The Labute approximate surface area is 110 Å². The van der Waals surface area contributed by atoms with E-state index in [2.05, 4.69) is 0 Å². The van der Waals surface area contributed by atoms with E-state index in [1.54, 1.807) is 6.07 Å². The minimum Gasteiger partial charge on any atom is -0.459 e. The minimum atomic E-state index is -0.336. The molecular weight excluding hydrogens is 241 g/mol. The van der Waals surface area contributed by atoms with Crippen molar-refractivity contribution in [3.05, 3.63) is 71.2 Å². The molecule has 19 heavy (non-hydrogen) atoms. The maximum Gasteiger partial charge on any atom is 0.134 e. The molecule has 2 aromatic carbocycles. The molecule has 2 N–H and O–H groups in total. The second-order valence-corrected chi connectivity index (χ2v) is 4.62. The third-order valence-corrected chi connectivity index (χ3v) is 3.38. The highest BCUT2D eigenvalue weighted by atomic mass is 19.1. The summed E-state index contributed by atoms with van der Waals surface area (Å²) in [6.07, 6.45) is 0. The summed E-state index contributed by atoms with van der Waals surface area (Å²) in [6, 6.07) is 13.9. The summed E-state index contributed by atoms with van der Waals surface area (Å²) in [4.78, 5) is 0. The van der Waals surface area contributed by atoms with Crippen LogP contribution in [-0.2, 0) is 0 Å². The van der Waals surface area contributed by atoms with Crippen molar-refractivity contribution < 1.29 is 8.81 Å². The predicted octanol–water partition coefficient (Wildman–Crippen LogP) is 3.93. The second kappa shape index (κ2) is 4.52. The van der Waals surface area contributed by atoms with Gasteiger partial charge in [-0.25, -0.2) is 4.39 Å². The standard InChI is InChI=1S/C16H14FNO/c1-10-13-9-12(17)7-8-14(13)19-16(10)15(18)11-5-3-2-4-6-11/h2-9,15H,18H2,1H3. The van der Waals surface area contributed by atoms with Gasteiger partial charge in [-0.1, -0.05) is 30.3 Å². The van der Waals surface area contributed by atoms with E-state index < -0.39 is 0 Å². The fourth-order valence-corrected chi connectivity index (χ4v) is 2.32. The number of halogens is 1. The smallest absolute Gasteiger partial charge is 0.134 e. The van der Waals surface area contributed by atoms with Crippen LogP contribution in [0.3, 0.4) is 0 Å². The first kappa shape index (κ1) is 11.9. The summed E-state index contributed by atoms with van der Waals surface area (Å²) in [5, 5.41) is 0.779. The molecule has 3 rings (SSSR count). The van der Waals surface area contributed by atoms with Crippen molar-refractivity contribution in [1.29, 1.82) is 0 Å². The maximum atomic E-state index is 13.3. The molecule has 0 bridgehead atoms. The van der Waals surface area contributed by atoms with Crippen LogP contribution in [0.5, 0.6) is 0 Å². The molecule has 0 aliphatic rings. The summed E-state index contributed by atoms with van der Waals surface area (Å²) >= 11 is 0. The summed E-state index contributed by atoms with van der Waals surface area (Å²) in [7, 11) is 0. The monoisotopic (exact) mass is 255 g/mol. The first-order chi connectivity index (χ1) is 9.16. The number of aryl methyl sites for hydroxylation is 1. The van der Waals surface area contributed by atoms with Gasteiger partial charge in [0.1, 0.15) is 17.2 Å². The molecule has 0 aliphatic carbocycles. The van der Waals surface area contributed by atoms with Crippen LogP contribution in [0.15, 0.2) is 52.9 Å². The van der Waals surface area contributed by atoms with Crippen molar-refractivity contribution in [3.8, 4) is 0 Å². The molecule has 0 spiro atoms. The Morgan fingerprint density at radius 1 is 1.11 bits per heavy atom. The Morgan fingerprint density at radius 3 is 2.58 bits per heavy atom. The Balaban J connectivity index is 2.13. The van der Waals surface area contributed by atoms with Crippen LogP contribution in [0.1, 0.15) is 22.9 Å². The van der Waals surface area contributed by atoms with Gasteiger partial charge >= 0.3 is 0 Å². The van der Waals surface area contributed by atoms with Gasteiger partial charge in [-0.2, -0.15) is 0 Å². The molecule has 0 saturated heterocycles. The van der Waals surface area contributed by atoms with Crippen molar-refractivity contribution in [3.63, 3.8) is 0 Å². The molecule has 1 atom stereocenters. The lowest BCUT2D eigenvalue weighted by molar-refractivity contribution is 0.520. The van der Waals surface area contributed by atoms with E-state index in [0.29, 0.717) is 11.3 Å². The maximum absolute atomic E-state index is 13.3. The van der Waals surface area contributed by atoms with Gasteiger partial charge in [0, 0.05) is 10.9 Å². The normalized spacial score (nSPS) is 12.8. The summed E-state index contributed by atoms with van der Waals surface area (Å²) in [5.41, 5.74) is 8.77. The lowest BCUT2D eigenvalue weighted by Gasteiger charge is -2.09. The van der Waals surface area contributed by atoms with Gasteiger partial charge in [0.2, 0.25) is 0 Å². The van der Waals surface area contributed by atoms with Crippen molar-refractivity contribution >= 4 is 11.0 Å². The highest BCUT2D eigenvalue weighted by Crippen LogP contribution is 2.31. The van der Waals surface area contributed by atoms with Crippen LogP contribution in [0.4, 0.5) is 4.39 Å². The first-order valence-corrected chi connectivity index (χ1v) is 6.16. The molecule has 0 aliphatic heterocycles. The van der Waals surface area contributed by atoms with Gasteiger partial charge in [0.05, 0.1) is 6.04 Å². The van der Waals surface area contributed by atoms with Crippen molar-refractivity contribution in [2.24, 2.45) is 5.73 Å². The lowest BCUT2D eigenvalue weighted by atomic mass is 10.0. The zero-order valence-corrected chi connectivity index (χ0v) is 10.6. The van der Waals surface area contributed by atoms with E-state index in [9.17, 15) is 4.39 Å². The molecule has 0 radical (unpaired) electrons. The van der Waals surface area contributed by atoms with Gasteiger partial charge in [-0.15, -0.1) is 0 Å².